The predicted octanol–water partition coefficient (Wildman–Crippen LogP) is 3.33. The number of allylic oxidation sites excluding steroid dienone is 2. The van der Waals surface area contributed by atoms with Gasteiger partial charge in [0.05, 0.1) is 5.92 Å². The molecule has 6 atom stereocenters. The molecule has 2 saturated carbocycles. The van der Waals surface area contributed by atoms with Gasteiger partial charge in [-0.2, -0.15) is 0 Å². The molecule has 4 rings (SSSR count). The van der Waals surface area contributed by atoms with Crippen molar-refractivity contribution in [2.24, 2.45) is 34.5 Å². The van der Waals surface area contributed by atoms with Crippen molar-refractivity contribution < 1.29 is 14.7 Å². The smallest absolute Gasteiger partial charge is 0.307 e. The van der Waals surface area contributed by atoms with Crippen molar-refractivity contribution in [1.29, 1.82) is 0 Å². The van der Waals surface area contributed by atoms with E-state index in [9.17, 15) is 14.7 Å². The van der Waals surface area contributed by atoms with E-state index in [-0.39, 0.29) is 22.7 Å². The molecule has 1 unspecified atom stereocenters. The predicted molar refractivity (Wildman–Crippen MR) is 86.4 cm³/mol. The van der Waals surface area contributed by atoms with Gasteiger partial charge in [0.25, 0.3) is 0 Å². The van der Waals surface area contributed by atoms with E-state index >= 15 is 0 Å². The zero-order chi connectivity index (χ0) is 16.4. The fourth-order valence-corrected chi connectivity index (χ4v) is 6.60. The van der Waals surface area contributed by atoms with Crippen LogP contribution in [0.25, 0.3) is 0 Å². The molecule has 4 aliphatic rings. The monoisotopic (exact) mass is 317 g/mol. The molecule has 0 spiro atoms. The second-order valence-electron chi connectivity index (χ2n) is 8.71. The second kappa shape index (κ2) is 4.84. The van der Waals surface area contributed by atoms with Gasteiger partial charge in [0.1, 0.15) is 0 Å². The van der Waals surface area contributed by atoms with Crippen molar-refractivity contribution in [3.05, 3.63) is 11.8 Å². The number of carbonyl (C=O) groups excluding carboxylic acids is 1. The Balaban J connectivity index is 1.67. The molecule has 1 heterocycles. The molecule has 126 valence electrons. The molecular weight excluding hydrogens is 290 g/mol. The van der Waals surface area contributed by atoms with E-state index in [1.165, 1.54) is 0 Å². The van der Waals surface area contributed by atoms with Crippen molar-refractivity contribution in [3.8, 4) is 0 Å². The molecule has 4 heteroatoms. The Kier molecular flexibility index (Phi) is 3.20. The highest BCUT2D eigenvalue weighted by Crippen LogP contribution is 2.65. The van der Waals surface area contributed by atoms with Crippen LogP contribution in [0.15, 0.2) is 11.8 Å². The lowest BCUT2D eigenvalue weighted by atomic mass is 9.49. The van der Waals surface area contributed by atoms with Crippen LogP contribution in [0.3, 0.4) is 0 Å². The third-order valence-corrected chi connectivity index (χ3v) is 7.91. The van der Waals surface area contributed by atoms with Crippen LogP contribution < -0.4 is 5.32 Å². The van der Waals surface area contributed by atoms with Gasteiger partial charge in [0.15, 0.2) is 0 Å². The van der Waals surface area contributed by atoms with Crippen LogP contribution >= 0.6 is 0 Å². The Hall–Kier alpha value is -1.32. The van der Waals surface area contributed by atoms with E-state index in [0.717, 1.165) is 44.2 Å². The fourth-order valence-electron chi connectivity index (χ4n) is 6.60. The number of carboxylic acids is 1. The molecule has 23 heavy (non-hydrogen) atoms. The quantitative estimate of drug-likeness (QED) is 0.779. The maximum absolute atomic E-state index is 11.8. The Morgan fingerprint density at radius 3 is 2.74 bits per heavy atom. The van der Waals surface area contributed by atoms with Gasteiger partial charge in [0, 0.05) is 17.5 Å². The second-order valence-corrected chi connectivity index (χ2v) is 8.71. The van der Waals surface area contributed by atoms with Crippen molar-refractivity contribution in [3.63, 3.8) is 0 Å². The fraction of sp³-hybridized carbons (Fsp3) is 0.789. The third-order valence-electron chi connectivity index (χ3n) is 7.91. The van der Waals surface area contributed by atoms with Gasteiger partial charge >= 0.3 is 5.97 Å². The van der Waals surface area contributed by atoms with E-state index in [4.69, 9.17) is 0 Å². The number of piperidine rings is 1. The van der Waals surface area contributed by atoms with Crippen LogP contribution in [0.5, 0.6) is 0 Å². The van der Waals surface area contributed by atoms with Crippen molar-refractivity contribution in [2.75, 3.05) is 0 Å². The zero-order valence-corrected chi connectivity index (χ0v) is 14.1. The average molecular weight is 317 g/mol. The number of nitrogens with one attached hydrogen (secondary N) is 1. The summed E-state index contributed by atoms with van der Waals surface area (Å²) in [6.45, 7) is 4.55. The molecule has 1 aliphatic heterocycles. The summed E-state index contributed by atoms with van der Waals surface area (Å²) < 4.78 is 0. The minimum atomic E-state index is -0.600. The summed E-state index contributed by atoms with van der Waals surface area (Å²) in [4.78, 5) is 23.4. The maximum Gasteiger partial charge on any atom is 0.307 e. The van der Waals surface area contributed by atoms with Gasteiger partial charge in [-0.3, -0.25) is 9.59 Å². The van der Waals surface area contributed by atoms with E-state index in [1.54, 1.807) is 0 Å². The van der Waals surface area contributed by atoms with Gasteiger partial charge in [-0.15, -0.1) is 0 Å². The summed E-state index contributed by atoms with van der Waals surface area (Å²) in [7, 11) is 0. The molecule has 0 radical (unpaired) electrons. The molecular formula is C19H27NO3. The third kappa shape index (κ3) is 1.96. The minimum Gasteiger partial charge on any atom is -0.481 e. The SMILES string of the molecule is C[C@@]12CC[C@@H]3[C@H](CC=C4NC(=O)CC[C@]43C)[C@H]1CCC2C(=O)O. The maximum atomic E-state index is 11.8. The van der Waals surface area contributed by atoms with Crippen molar-refractivity contribution in [1.82, 2.24) is 5.32 Å². The number of fused-ring (bicyclic) bond motifs is 5. The molecule has 3 aliphatic carbocycles. The average Bonchev–Trinajstić information content (AvgIpc) is 2.85. The van der Waals surface area contributed by atoms with Crippen LogP contribution in [0, 0.1) is 34.5 Å². The molecule has 0 aromatic rings. The Morgan fingerprint density at radius 1 is 1.22 bits per heavy atom. The van der Waals surface area contributed by atoms with Crippen LogP contribution in [-0.4, -0.2) is 17.0 Å². The standard InChI is InChI=1S/C19H27NO3/c1-18-9-7-13-11(12(18)4-5-14(18)17(22)23)3-6-15-19(13,2)10-8-16(21)20-15/h6,11-14H,3-5,7-10H2,1-2H3,(H,20,21)(H,22,23)/t11-,12-,13-,14?,18-,19+/m1/s1. The first-order chi connectivity index (χ1) is 10.9. The van der Waals surface area contributed by atoms with Crippen LogP contribution in [0.1, 0.15) is 58.8 Å². The lowest BCUT2D eigenvalue weighted by Crippen LogP contribution is -2.53. The number of amides is 1. The molecule has 3 fully saturated rings. The first-order valence-electron chi connectivity index (χ1n) is 9.09. The van der Waals surface area contributed by atoms with Crippen molar-refractivity contribution in [2.45, 2.75) is 58.8 Å². The highest BCUT2D eigenvalue weighted by Gasteiger charge is 2.60. The van der Waals surface area contributed by atoms with Crippen LogP contribution in [-0.2, 0) is 9.59 Å². The molecule has 2 N–H and O–H groups in total. The molecule has 1 saturated heterocycles. The van der Waals surface area contributed by atoms with Gasteiger partial charge in [-0.05, 0) is 61.7 Å². The van der Waals surface area contributed by atoms with E-state index in [1.807, 2.05) is 0 Å². The van der Waals surface area contributed by atoms with E-state index < -0.39 is 5.97 Å². The number of rotatable bonds is 1. The molecule has 0 bridgehead atoms. The summed E-state index contributed by atoms with van der Waals surface area (Å²) in [5, 5.41) is 12.7. The minimum absolute atomic E-state index is 0.0351. The van der Waals surface area contributed by atoms with Gasteiger partial charge < -0.3 is 10.4 Å². The van der Waals surface area contributed by atoms with Gasteiger partial charge in [-0.1, -0.05) is 19.9 Å². The van der Waals surface area contributed by atoms with E-state index in [0.29, 0.717) is 24.2 Å². The lowest BCUT2D eigenvalue weighted by Gasteiger charge is -2.56. The largest absolute Gasteiger partial charge is 0.481 e. The number of aliphatic carboxylic acids is 1. The highest BCUT2D eigenvalue weighted by molar-refractivity contribution is 5.79. The number of hydrogen-bond donors (Lipinski definition) is 2. The lowest BCUT2D eigenvalue weighted by molar-refractivity contribution is -0.149. The molecule has 0 aromatic carbocycles. The summed E-state index contributed by atoms with van der Waals surface area (Å²) in [6.07, 6.45) is 8.83. The summed E-state index contributed by atoms with van der Waals surface area (Å²) >= 11 is 0. The number of hydrogen-bond acceptors (Lipinski definition) is 2. The van der Waals surface area contributed by atoms with E-state index in [2.05, 4.69) is 25.2 Å². The summed E-state index contributed by atoms with van der Waals surface area (Å²) in [5.41, 5.74) is 1.19. The topological polar surface area (TPSA) is 66.4 Å². The van der Waals surface area contributed by atoms with Gasteiger partial charge in [0.2, 0.25) is 5.91 Å². The summed E-state index contributed by atoms with van der Waals surface area (Å²) in [6, 6.07) is 0. The van der Waals surface area contributed by atoms with Crippen LogP contribution in [0.2, 0.25) is 0 Å². The molecule has 1 amide bonds. The zero-order valence-electron chi connectivity index (χ0n) is 14.1. The summed E-state index contributed by atoms with van der Waals surface area (Å²) in [5.74, 6) is 1.08. The number of carboxylic acid groups (broad SMARTS) is 1. The van der Waals surface area contributed by atoms with Gasteiger partial charge in [-0.25, -0.2) is 0 Å². The van der Waals surface area contributed by atoms with Crippen LogP contribution in [0.4, 0.5) is 0 Å². The first kappa shape index (κ1) is 15.2. The normalized spacial score (nSPS) is 48.6. The van der Waals surface area contributed by atoms with Crippen molar-refractivity contribution >= 4 is 11.9 Å². The molecule has 4 nitrogen and oxygen atoms in total. The highest BCUT2D eigenvalue weighted by atomic mass is 16.4. The first-order valence-corrected chi connectivity index (χ1v) is 9.09. The number of carbonyl (C=O) groups is 2. The Morgan fingerprint density at radius 2 is 2.00 bits per heavy atom. The molecule has 0 aromatic heterocycles. The Bertz CT molecular complexity index is 597. The Labute approximate surface area is 137 Å².